The van der Waals surface area contributed by atoms with Crippen molar-refractivity contribution < 1.29 is 12.8 Å². The Morgan fingerprint density at radius 3 is 2.68 bits per heavy atom. The molecule has 0 aliphatic heterocycles. The molecule has 0 saturated carbocycles. The summed E-state index contributed by atoms with van der Waals surface area (Å²) < 4.78 is 41.2. The molecular formula is C10H10BrFN4O2S. The van der Waals surface area contributed by atoms with Gasteiger partial charge < -0.3 is 0 Å². The van der Waals surface area contributed by atoms with Crippen molar-refractivity contribution in [2.24, 2.45) is 7.05 Å². The Hall–Kier alpha value is -1.48. The second-order valence-corrected chi connectivity index (χ2v) is 6.25. The molecule has 0 amide bonds. The Bertz CT molecular complexity index is 710. The third-order valence-electron chi connectivity index (χ3n) is 2.36. The van der Waals surface area contributed by atoms with Crippen molar-refractivity contribution in [1.29, 1.82) is 0 Å². The van der Waals surface area contributed by atoms with Gasteiger partial charge >= 0.3 is 0 Å². The van der Waals surface area contributed by atoms with E-state index in [1.54, 1.807) is 13.0 Å². The van der Waals surface area contributed by atoms with Crippen LogP contribution in [0.25, 0.3) is 0 Å². The number of nitrogens with zero attached hydrogens (tertiary/aromatic N) is 3. The molecule has 1 aromatic heterocycles. The molecule has 1 heterocycles. The molecule has 0 saturated heterocycles. The van der Waals surface area contributed by atoms with Gasteiger partial charge in [-0.1, -0.05) is 11.3 Å². The summed E-state index contributed by atoms with van der Waals surface area (Å²) in [6, 6.07) is 4.16. The SMILES string of the molecule is Cc1ccc(F)c(NS(=O)(=O)c2c(Br)nnn2C)c1. The predicted octanol–water partition coefficient (Wildman–Crippen LogP) is 1.83. The number of anilines is 1. The first kappa shape index (κ1) is 13.9. The van der Waals surface area contributed by atoms with E-state index in [0.717, 1.165) is 10.2 Å². The molecule has 6 nitrogen and oxygen atoms in total. The van der Waals surface area contributed by atoms with Gasteiger partial charge in [-0.3, -0.25) is 4.72 Å². The summed E-state index contributed by atoms with van der Waals surface area (Å²) in [6.07, 6.45) is 0. The molecule has 0 unspecified atom stereocenters. The number of aryl methyl sites for hydroxylation is 2. The predicted molar refractivity (Wildman–Crippen MR) is 70.6 cm³/mol. The largest absolute Gasteiger partial charge is 0.282 e. The van der Waals surface area contributed by atoms with Gasteiger partial charge in [0, 0.05) is 7.05 Å². The van der Waals surface area contributed by atoms with Gasteiger partial charge in [0.05, 0.1) is 5.69 Å². The van der Waals surface area contributed by atoms with Gasteiger partial charge in [-0.2, -0.15) is 8.42 Å². The van der Waals surface area contributed by atoms with Crippen molar-refractivity contribution in [3.8, 4) is 0 Å². The molecule has 0 aliphatic rings. The highest BCUT2D eigenvalue weighted by molar-refractivity contribution is 9.10. The maximum Gasteiger partial charge on any atom is 0.282 e. The van der Waals surface area contributed by atoms with Crippen LogP contribution in [0, 0.1) is 12.7 Å². The average molecular weight is 349 g/mol. The van der Waals surface area contributed by atoms with Gasteiger partial charge in [0.15, 0.2) is 4.60 Å². The minimum atomic E-state index is -3.97. The van der Waals surface area contributed by atoms with Gasteiger partial charge in [0.25, 0.3) is 10.0 Å². The quantitative estimate of drug-likeness (QED) is 0.917. The van der Waals surface area contributed by atoms with Crippen molar-refractivity contribution in [2.75, 3.05) is 4.72 Å². The highest BCUT2D eigenvalue weighted by Gasteiger charge is 2.24. The Balaban J connectivity index is 2.45. The van der Waals surface area contributed by atoms with Crippen molar-refractivity contribution >= 4 is 31.6 Å². The fourth-order valence-corrected chi connectivity index (χ4v) is 3.67. The van der Waals surface area contributed by atoms with Crippen molar-refractivity contribution in [1.82, 2.24) is 15.0 Å². The first-order chi connectivity index (χ1) is 8.81. The van der Waals surface area contributed by atoms with Crippen LogP contribution in [0.1, 0.15) is 5.56 Å². The number of rotatable bonds is 3. The monoisotopic (exact) mass is 348 g/mol. The second kappa shape index (κ2) is 4.89. The van der Waals surface area contributed by atoms with Crippen LogP contribution in [0.15, 0.2) is 27.8 Å². The molecule has 0 atom stereocenters. The third-order valence-corrected chi connectivity index (χ3v) is 4.61. The number of halogens is 2. The van der Waals surface area contributed by atoms with Crippen LogP contribution in [-0.4, -0.2) is 23.4 Å². The average Bonchev–Trinajstić information content (AvgIpc) is 2.64. The minimum Gasteiger partial charge on any atom is -0.275 e. The fourth-order valence-electron chi connectivity index (χ4n) is 1.52. The van der Waals surface area contributed by atoms with Crippen LogP contribution < -0.4 is 4.72 Å². The summed E-state index contributed by atoms with van der Waals surface area (Å²) in [5, 5.41) is 6.98. The summed E-state index contributed by atoms with van der Waals surface area (Å²) >= 11 is 2.99. The highest BCUT2D eigenvalue weighted by Crippen LogP contribution is 2.23. The molecule has 0 aliphatic carbocycles. The van der Waals surface area contributed by atoms with E-state index in [-0.39, 0.29) is 15.3 Å². The molecule has 1 aromatic carbocycles. The Morgan fingerprint density at radius 1 is 1.42 bits per heavy atom. The van der Waals surface area contributed by atoms with Gasteiger partial charge in [-0.05, 0) is 40.5 Å². The van der Waals surface area contributed by atoms with Crippen LogP contribution in [0.4, 0.5) is 10.1 Å². The second-order valence-electron chi connectivity index (χ2n) is 3.90. The lowest BCUT2D eigenvalue weighted by atomic mass is 10.2. The maximum atomic E-state index is 13.6. The Morgan fingerprint density at radius 2 is 2.11 bits per heavy atom. The van der Waals surface area contributed by atoms with Crippen LogP contribution in [0.2, 0.25) is 0 Å². The summed E-state index contributed by atoms with van der Waals surface area (Å²) in [5.74, 6) is -0.652. The summed E-state index contributed by atoms with van der Waals surface area (Å²) in [4.78, 5) is 0. The lowest BCUT2D eigenvalue weighted by molar-refractivity contribution is 0.577. The maximum absolute atomic E-state index is 13.6. The van der Waals surface area contributed by atoms with E-state index < -0.39 is 15.8 Å². The molecular weight excluding hydrogens is 339 g/mol. The molecule has 102 valence electrons. The van der Waals surface area contributed by atoms with Crippen LogP contribution in [-0.2, 0) is 17.1 Å². The molecule has 0 bridgehead atoms. The zero-order chi connectivity index (χ0) is 14.2. The van der Waals surface area contributed by atoms with Gasteiger partial charge in [-0.15, -0.1) is 5.10 Å². The first-order valence-electron chi connectivity index (χ1n) is 5.15. The molecule has 9 heteroatoms. The van der Waals surface area contributed by atoms with Gasteiger partial charge in [0.1, 0.15) is 5.82 Å². The zero-order valence-electron chi connectivity index (χ0n) is 10.1. The normalized spacial score (nSPS) is 11.6. The molecule has 2 aromatic rings. The lowest BCUT2D eigenvalue weighted by Crippen LogP contribution is -2.18. The highest BCUT2D eigenvalue weighted by atomic mass is 79.9. The van der Waals surface area contributed by atoms with E-state index in [0.29, 0.717) is 0 Å². The zero-order valence-corrected chi connectivity index (χ0v) is 12.5. The van der Waals surface area contributed by atoms with Gasteiger partial charge in [0.2, 0.25) is 5.03 Å². The van der Waals surface area contributed by atoms with Crippen molar-refractivity contribution in [3.63, 3.8) is 0 Å². The molecule has 0 spiro atoms. The fraction of sp³-hybridized carbons (Fsp3) is 0.200. The van der Waals surface area contributed by atoms with Crippen molar-refractivity contribution in [3.05, 3.63) is 34.2 Å². The Kier molecular flexibility index (Phi) is 3.59. The van der Waals surface area contributed by atoms with E-state index in [2.05, 4.69) is 31.0 Å². The summed E-state index contributed by atoms with van der Waals surface area (Å²) in [7, 11) is -2.54. The summed E-state index contributed by atoms with van der Waals surface area (Å²) in [5.41, 5.74) is 0.620. The third kappa shape index (κ3) is 2.76. The molecule has 0 fully saturated rings. The number of sulfonamides is 1. The van der Waals surface area contributed by atoms with E-state index in [9.17, 15) is 12.8 Å². The van der Waals surface area contributed by atoms with Crippen LogP contribution >= 0.6 is 15.9 Å². The molecule has 2 rings (SSSR count). The molecule has 0 radical (unpaired) electrons. The summed E-state index contributed by atoms with van der Waals surface area (Å²) in [6.45, 7) is 1.73. The van der Waals surface area contributed by atoms with E-state index >= 15 is 0 Å². The number of nitrogens with one attached hydrogen (secondary N) is 1. The Labute approximate surface area is 117 Å². The van der Waals surface area contributed by atoms with Crippen LogP contribution in [0.5, 0.6) is 0 Å². The first-order valence-corrected chi connectivity index (χ1v) is 7.43. The smallest absolute Gasteiger partial charge is 0.275 e. The number of hydrogen-bond donors (Lipinski definition) is 1. The number of benzene rings is 1. The van der Waals surface area contributed by atoms with E-state index in [1.807, 2.05) is 0 Å². The molecule has 19 heavy (non-hydrogen) atoms. The number of hydrogen-bond acceptors (Lipinski definition) is 4. The minimum absolute atomic E-state index is 0.0653. The van der Waals surface area contributed by atoms with E-state index in [4.69, 9.17) is 0 Å². The van der Waals surface area contributed by atoms with Crippen molar-refractivity contribution in [2.45, 2.75) is 11.9 Å². The van der Waals surface area contributed by atoms with E-state index in [1.165, 1.54) is 19.2 Å². The number of aromatic nitrogens is 3. The molecule has 1 N–H and O–H groups in total. The topological polar surface area (TPSA) is 76.9 Å². The van der Waals surface area contributed by atoms with Crippen LogP contribution in [0.3, 0.4) is 0 Å². The van der Waals surface area contributed by atoms with Gasteiger partial charge in [-0.25, -0.2) is 9.07 Å². The lowest BCUT2D eigenvalue weighted by Gasteiger charge is -2.09. The standard InChI is InChI=1S/C10H10BrFN4O2S/c1-6-3-4-7(12)8(5-6)14-19(17,18)10-9(11)13-15-16(10)2/h3-5,14H,1-2H3.